The number of fused-ring (bicyclic) bond motifs is 1. The molecule has 2 heterocycles. The number of rotatable bonds is 7. The first-order valence-corrected chi connectivity index (χ1v) is 9.69. The second-order valence-corrected chi connectivity index (χ2v) is 7.58. The molecule has 5 N–H and O–H groups in total. The van der Waals surface area contributed by atoms with Crippen LogP contribution in [0.1, 0.15) is 43.9 Å². The predicted molar refractivity (Wildman–Crippen MR) is 109 cm³/mol. The van der Waals surface area contributed by atoms with Crippen molar-refractivity contribution in [3.63, 3.8) is 0 Å². The van der Waals surface area contributed by atoms with E-state index in [1.54, 1.807) is 7.11 Å². The summed E-state index contributed by atoms with van der Waals surface area (Å²) in [5, 5.41) is 3.14. The number of ether oxygens (including phenoxy) is 1. The van der Waals surface area contributed by atoms with E-state index < -0.39 is 5.66 Å². The van der Waals surface area contributed by atoms with Gasteiger partial charge in [0.2, 0.25) is 0 Å². The van der Waals surface area contributed by atoms with E-state index >= 15 is 0 Å². The average Bonchev–Trinajstić information content (AvgIpc) is 3.00. The molecule has 0 saturated carbocycles. The van der Waals surface area contributed by atoms with Gasteiger partial charge < -0.3 is 26.1 Å². The molecule has 3 rings (SSSR count). The third-order valence-corrected chi connectivity index (χ3v) is 5.20. The molecule has 0 amide bonds. The van der Waals surface area contributed by atoms with Crippen LogP contribution in [0.2, 0.25) is 0 Å². The molecule has 0 fully saturated rings. The van der Waals surface area contributed by atoms with E-state index in [1.807, 2.05) is 24.4 Å². The van der Waals surface area contributed by atoms with Crippen molar-refractivity contribution in [3.05, 3.63) is 46.2 Å². The molecule has 1 aromatic carbocycles. The summed E-state index contributed by atoms with van der Waals surface area (Å²) in [6.45, 7) is 2.83. The molecule has 2 aromatic rings. The van der Waals surface area contributed by atoms with Crippen molar-refractivity contribution in [2.24, 2.45) is 16.5 Å². The number of nitrogens with one attached hydrogen (secondary N) is 1. The Labute approximate surface area is 162 Å². The lowest BCUT2D eigenvalue weighted by Crippen LogP contribution is -2.44. The van der Waals surface area contributed by atoms with Crippen LogP contribution in [0, 0.1) is 0 Å². The topological polar surface area (TPSA) is 90.6 Å². The smallest absolute Gasteiger partial charge is 0.195 e. The number of aliphatic imine (C=N–C) groups is 1. The average molecular weight is 420 g/mol. The van der Waals surface area contributed by atoms with E-state index in [4.69, 9.17) is 16.2 Å². The number of nitrogens with two attached hydrogens (primary N) is 2. The molecule has 1 aromatic heterocycles. The van der Waals surface area contributed by atoms with Crippen LogP contribution in [-0.4, -0.2) is 17.6 Å². The fraction of sp³-hybridized carbons (Fsp3) is 0.421. The van der Waals surface area contributed by atoms with Gasteiger partial charge in [0.25, 0.3) is 0 Å². The van der Waals surface area contributed by atoms with Crippen molar-refractivity contribution in [3.8, 4) is 5.75 Å². The molecule has 1 unspecified atom stereocenters. The van der Waals surface area contributed by atoms with Crippen LogP contribution in [-0.2, 0) is 12.2 Å². The zero-order chi connectivity index (χ0) is 18.7. The van der Waals surface area contributed by atoms with E-state index in [9.17, 15) is 0 Å². The van der Waals surface area contributed by atoms with E-state index in [0.717, 1.165) is 52.9 Å². The Kier molecular flexibility index (Phi) is 5.58. The van der Waals surface area contributed by atoms with Crippen molar-refractivity contribution in [1.29, 1.82) is 0 Å². The number of methoxy groups -OCH3 is 1. The van der Waals surface area contributed by atoms with Crippen molar-refractivity contribution in [2.45, 2.75) is 44.8 Å². The lowest BCUT2D eigenvalue weighted by Gasteiger charge is -2.32. The summed E-state index contributed by atoms with van der Waals surface area (Å²) >= 11 is 3.49. The number of hydrogen-bond acceptors (Lipinski definition) is 5. The van der Waals surface area contributed by atoms with Crippen LogP contribution >= 0.6 is 15.9 Å². The van der Waals surface area contributed by atoms with E-state index in [2.05, 4.69) is 43.8 Å². The van der Waals surface area contributed by atoms with Gasteiger partial charge in [-0.2, -0.15) is 0 Å². The second kappa shape index (κ2) is 7.72. The minimum Gasteiger partial charge on any atom is -0.496 e. The molecule has 0 saturated heterocycles. The zero-order valence-corrected chi connectivity index (χ0v) is 16.8. The Bertz CT molecular complexity index is 816. The van der Waals surface area contributed by atoms with Gasteiger partial charge >= 0.3 is 0 Å². The van der Waals surface area contributed by atoms with E-state index in [1.165, 1.54) is 0 Å². The molecule has 7 heteroatoms. The summed E-state index contributed by atoms with van der Waals surface area (Å²) < 4.78 is 8.65. The molecule has 140 valence electrons. The van der Waals surface area contributed by atoms with Crippen molar-refractivity contribution in [2.75, 3.05) is 12.4 Å². The number of benzene rings is 1. The van der Waals surface area contributed by atoms with Gasteiger partial charge in [0.1, 0.15) is 5.75 Å². The fourth-order valence-electron chi connectivity index (χ4n) is 3.47. The number of guanidine groups is 1. The fourth-order valence-corrected chi connectivity index (χ4v) is 3.81. The summed E-state index contributed by atoms with van der Waals surface area (Å²) in [4.78, 5) is 4.56. The van der Waals surface area contributed by atoms with Crippen molar-refractivity contribution < 1.29 is 4.74 Å². The highest BCUT2D eigenvalue weighted by Crippen LogP contribution is 2.37. The first-order valence-electron chi connectivity index (χ1n) is 8.90. The number of halogens is 1. The van der Waals surface area contributed by atoms with Crippen LogP contribution in [0.25, 0.3) is 0 Å². The SMILES string of the molecule is CCCCCC1(N)N=C(N)Nc2ccn(Cc3ccc(Br)cc3OC)c21. The molecule has 0 bridgehead atoms. The number of anilines is 1. The zero-order valence-electron chi connectivity index (χ0n) is 15.3. The van der Waals surface area contributed by atoms with Crippen LogP contribution in [0.5, 0.6) is 5.75 Å². The first-order chi connectivity index (χ1) is 12.5. The second-order valence-electron chi connectivity index (χ2n) is 6.67. The van der Waals surface area contributed by atoms with Gasteiger partial charge in [-0.25, -0.2) is 4.99 Å². The van der Waals surface area contributed by atoms with Crippen LogP contribution < -0.4 is 21.5 Å². The Balaban J connectivity index is 1.95. The number of unbranched alkanes of at least 4 members (excludes halogenated alkanes) is 2. The molecule has 0 aliphatic carbocycles. The normalized spacial score (nSPS) is 18.8. The van der Waals surface area contributed by atoms with Crippen LogP contribution in [0.15, 0.2) is 39.9 Å². The highest BCUT2D eigenvalue weighted by Gasteiger charge is 2.36. The molecule has 6 nitrogen and oxygen atoms in total. The highest BCUT2D eigenvalue weighted by atomic mass is 79.9. The maximum atomic E-state index is 6.73. The molecular weight excluding hydrogens is 394 g/mol. The van der Waals surface area contributed by atoms with Gasteiger partial charge in [-0.1, -0.05) is 41.8 Å². The van der Waals surface area contributed by atoms with Gasteiger partial charge in [-0.3, -0.25) is 0 Å². The molecule has 0 spiro atoms. The minimum atomic E-state index is -0.814. The van der Waals surface area contributed by atoms with Gasteiger partial charge in [-0.05, 0) is 31.0 Å². The molecule has 1 aliphatic rings. The Morgan fingerprint density at radius 1 is 1.31 bits per heavy atom. The van der Waals surface area contributed by atoms with Crippen molar-refractivity contribution in [1.82, 2.24) is 4.57 Å². The molecule has 1 aliphatic heterocycles. The lowest BCUT2D eigenvalue weighted by atomic mass is 9.97. The highest BCUT2D eigenvalue weighted by molar-refractivity contribution is 9.10. The van der Waals surface area contributed by atoms with Gasteiger partial charge in [0, 0.05) is 16.2 Å². The van der Waals surface area contributed by atoms with Crippen molar-refractivity contribution >= 4 is 27.6 Å². The number of nitrogens with zero attached hydrogens (tertiary/aromatic N) is 2. The number of aromatic nitrogens is 1. The summed E-state index contributed by atoms with van der Waals surface area (Å²) in [5.41, 5.74) is 14.9. The van der Waals surface area contributed by atoms with Crippen LogP contribution in [0.3, 0.4) is 0 Å². The Morgan fingerprint density at radius 3 is 2.85 bits per heavy atom. The lowest BCUT2D eigenvalue weighted by molar-refractivity contribution is 0.378. The monoisotopic (exact) mass is 419 g/mol. The standard InChI is InChI=1S/C19H26BrN5O/c1-3-4-5-9-19(22)17-15(23-18(21)24-19)8-10-25(17)12-13-6-7-14(20)11-16(13)26-2/h6-8,10-11H,3-5,9,12,22H2,1-2H3,(H3,21,23,24). The molecule has 0 radical (unpaired) electrons. The first kappa shape index (κ1) is 18.8. The largest absolute Gasteiger partial charge is 0.496 e. The van der Waals surface area contributed by atoms with Gasteiger partial charge in [-0.15, -0.1) is 0 Å². The van der Waals surface area contributed by atoms with Gasteiger partial charge in [0.15, 0.2) is 11.6 Å². The number of hydrogen-bond donors (Lipinski definition) is 3. The van der Waals surface area contributed by atoms with E-state index in [0.29, 0.717) is 12.5 Å². The molecule has 26 heavy (non-hydrogen) atoms. The quantitative estimate of drug-likeness (QED) is 0.596. The van der Waals surface area contributed by atoms with Crippen LogP contribution in [0.4, 0.5) is 5.69 Å². The summed E-state index contributed by atoms with van der Waals surface area (Å²) in [6, 6.07) is 8.04. The molecular formula is C19H26BrN5O. The van der Waals surface area contributed by atoms with E-state index in [-0.39, 0.29) is 0 Å². The van der Waals surface area contributed by atoms with Gasteiger partial charge in [0.05, 0.1) is 25.0 Å². The summed E-state index contributed by atoms with van der Waals surface area (Å²) in [6.07, 6.45) is 6.05. The minimum absolute atomic E-state index is 0.371. The third-order valence-electron chi connectivity index (χ3n) is 4.71. The third kappa shape index (κ3) is 3.73. The maximum absolute atomic E-state index is 6.73. The Morgan fingerprint density at radius 2 is 2.12 bits per heavy atom. The molecule has 1 atom stereocenters. The Hall–Kier alpha value is -1.99. The predicted octanol–water partition coefficient (Wildman–Crippen LogP) is 3.74. The summed E-state index contributed by atoms with van der Waals surface area (Å²) in [5.74, 6) is 1.21. The summed E-state index contributed by atoms with van der Waals surface area (Å²) in [7, 11) is 1.68. The maximum Gasteiger partial charge on any atom is 0.195 e.